The van der Waals surface area contributed by atoms with Crippen LogP contribution in [-0.4, -0.2) is 59.8 Å². The Labute approximate surface area is 241 Å². The first-order valence-electron chi connectivity index (χ1n) is 11.3. The molecule has 0 fully saturated rings. The van der Waals surface area contributed by atoms with Gasteiger partial charge in [0.25, 0.3) is 0 Å². The van der Waals surface area contributed by atoms with E-state index in [-0.39, 0.29) is 0 Å². The molecule has 0 aromatic carbocycles. The van der Waals surface area contributed by atoms with Gasteiger partial charge in [0.15, 0.2) is 10.1 Å². The summed E-state index contributed by atoms with van der Waals surface area (Å²) < 4.78 is 256. The fourth-order valence-corrected chi connectivity index (χ4v) is 3.76. The van der Waals surface area contributed by atoms with E-state index in [1.807, 2.05) is 0 Å². The van der Waals surface area contributed by atoms with Crippen molar-refractivity contribution in [2.45, 2.75) is 99.2 Å². The van der Waals surface area contributed by atoms with Crippen molar-refractivity contribution in [2.24, 2.45) is 11.8 Å². The van der Waals surface area contributed by atoms with Crippen LogP contribution in [0, 0.1) is 11.8 Å². The van der Waals surface area contributed by atoms with Crippen molar-refractivity contribution in [3.63, 3.8) is 0 Å². The third kappa shape index (κ3) is 10.2. The normalized spacial score (nSPS) is 16.7. The lowest BCUT2D eigenvalue weighted by molar-refractivity contribution is -0.777. The molecule has 0 aromatic heterocycles. The molecule has 0 amide bonds. The van der Waals surface area contributed by atoms with Crippen molar-refractivity contribution in [1.29, 1.82) is 0 Å². The molecule has 26 heteroatoms. The molecule has 0 spiro atoms. The molecule has 0 N–H and O–H groups in total. The fourth-order valence-electron chi connectivity index (χ4n) is 3.18. The van der Waals surface area contributed by atoms with Crippen LogP contribution in [0.1, 0.15) is 52.4 Å². The summed E-state index contributed by atoms with van der Waals surface area (Å²) in [7, 11) is -7.44. The minimum absolute atomic E-state index is 0.597. The molecule has 0 aromatic rings. The van der Waals surface area contributed by atoms with Gasteiger partial charge in [0.2, 0.25) is 0 Å². The molecule has 0 saturated heterocycles. The van der Waals surface area contributed by atoms with Gasteiger partial charge in [-0.3, -0.25) is 5.04 Å². The first-order chi connectivity index (χ1) is 19.3. The summed E-state index contributed by atoms with van der Waals surface area (Å²) in [6.07, 6.45) is -33.9. The molecule has 0 radical (unpaired) electrons. The maximum absolute atomic E-state index is 14.2. The Bertz CT molecular complexity index is 1030. The van der Waals surface area contributed by atoms with Gasteiger partial charge < -0.3 is 9.81 Å². The van der Waals surface area contributed by atoms with E-state index in [0.29, 0.717) is 0 Å². The predicted molar refractivity (Wildman–Crippen MR) is 107 cm³/mol. The topological polar surface area (TPSA) is 117 Å². The molecule has 0 rings (SSSR count). The standard InChI is InChI=1S/C18H22F16O8S2/c1-3-9(7-11(19,20)13(23,24)39-15(27,28)17(31,32)43-42-41-35)5-6-10(4-2)8-12(21,22)14(25,26)40-16(29,30)18(33,34)44(36,37)38/h9-10,35H,3-8H2,1-2H3,(H,36,37,38)/p-2. The molecular formula is C18H20F16O8S2-2. The smallest absolute Gasteiger partial charge is 0.438 e. The number of alkyl halides is 16. The number of hydrogen-bond donors (Lipinski definition) is 0. The van der Waals surface area contributed by atoms with E-state index < -0.39 is 119 Å². The summed E-state index contributed by atoms with van der Waals surface area (Å²) in [5.41, 5.74) is 0. The molecule has 0 aliphatic heterocycles. The monoisotopic (exact) mass is 732 g/mol. The van der Waals surface area contributed by atoms with Gasteiger partial charge in [-0.05, 0) is 24.7 Å². The van der Waals surface area contributed by atoms with E-state index in [1.54, 1.807) is 0 Å². The highest BCUT2D eigenvalue weighted by atomic mass is 32.2. The fraction of sp³-hybridized carbons (Fsp3) is 1.00. The summed E-state index contributed by atoms with van der Waals surface area (Å²) in [6, 6.07) is 0. The average Bonchev–Trinajstić information content (AvgIpc) is 2.81. The van der Waals surface area contributed by atoms with Crippen molar-refractivity contribution in [3.8, 4) is 0 Å². The Morgan fingerprint density at radius 3 is 1.27 bits per heavy atom. The summed E-state index contributed by atoms with van der Waals surface area (Å²) >= 11 is -1.88. The molecule has 0 heterocycles. The molecule has 0 aliphatic rings. The molecule has 8 nitrogen and oxygen atoms in total. The van der Waals surface area contributed by atoms with Crippen LogP contribution in [0.2, 0.25) is 0 Å². The Hall–Kier alpha value is -1.06. The summed E-state index contributed by atoms with van der Waals surface area (Å²) in [6.45, 7) is 1.95. The van der Waals surface area contributed by atoms with E-state index in [4.69, 9.17) is 0 Å². The molecule has 0 aliphatic carbocycles. The lowest BCUT2D eigenvalue weighted by Gasteiger charge is -2.35. The van der Waals surface area contributed by atoms with Crippen LogP contribution in [0.15, 0.2) is 0 Å². The second kappa shape index (κ2) is 14.4. The summed E-state index contributed by atoms with van der Waals surface area (Å²) in [5.74, 6) is -15.2. The number of ether oxygens (including phenoxy) is 2. The maximum atomic E-state index is 14.2. The van der Waals surface area contributed by atoms with Crippen LogP contribution in [0.5, 0.6) is 0 Å². The maximum Gasteiger partial charge on any atom is 0.438 e. The van der Waals surface area contributed by atoms with E-state index in [2.05, 4.69) is 18.8 Å². The SMILES string of the molecule is CCC(CCC(CC)CC(F)(F)C(F)(F)OC(F)(F)C(F)(F)S(=O)(=O)[O-])CC(F)(F)C(F)(F)OC(F)(F)C(F)(F)SOO[O-]. The zero-order valence-electron chi connectivity index (χ0n) is 21.5. The van der Waals surface area contributed by atoms with Gasteiger partial charge >= 0.3 is 46.8 Å². The lowest BCUT2D eigenvalue weighted by atomic mass is 9.86. The van der Waals surface area contributed by atoms with Crippen molar-refractivity contribution in [3.05, 3.63) is 0 Å². The quantitative estimate of drug-likeness (QED) is 0.0410. The molecular weight excluding hydrogens is 712 g/mol. The molecule has 2 atom stereocenters. The second-order valence-corrected chi connectivity index (χ2v) is 11.2. The Balaban J connectivity index is 5.69. The van der Waals surface area contributed by atoms with Crippen LogP contribution in [0.25, 0.3) is 0 Å². The van der Waals surface area contributed by atoms with Crippen LogP contribution < -0.4 is 5.26 Å². The van der Waals surface area contributed by atoms with E-state index in [9.17, 15) is 88.5 Å². The van der Waals surface area contributed by atoms with Crippen LogP contribution >= 0.6 is 12.0 Å². The molecule has 2 unspecified atom stereocenters. The molecule has 44 heavy (non-hydrogen) atoms. The van der Waals surface area contributed by atoms with Crippen LogP contribution in [0.3, 0.4) is 0 Å². The Kier molecular flexibility index (Phi) is 14.0. The van der Waals surface area contributed by atoms with Gasteiger partial charge in [-0.15, -0.1) is 0 Å². The molecule has 0 saturated carbocycles. The number of halogens is 16. The van der Waals surface area contributed by atoms with Gasteiger partial charge in [-0.2, -0.15) is 74.6 Å². The van der Waals surface area contributed by atoms with Gasteiger partial charge in [0.1, 0.15) is 12.0 Å². The third-order valence-corrected chi connectivity index (χ3v) is 7.19. The molecule has 266 valence electrons. The zero-order chi connectivity index (χ0) is 35.4. The minimum Gasteiger partial charge on any atom is -0.743 e. The second-order valence-electron chi connectivity index (χ2n) is 8.92. The summed E-state index contributed by atoms with van der Waals surface area (Å²) in [5, 5.41) is -1.07. The number of hydrogen-bond acceptors (Lipinski definition) is 9. The predicted octanol–water partition coefficient (Wildman–Crippen LogP) is 6.88. The van der Waals surface area contributed by atoms with E-state index >= 15 is 0 Å². The zero-order valence-corrected chi connectivity index (χ0v) is 23.2. The largest absolute Gasteiger partial charge is 0.743 e. The Morgan fingerprint density at radius 1 is 0.636 bits per heavy atom. The van der Waals surface area contributed by atoms with Crippen molar-refractivity contribution >= 4 is 22.2 Å². The highest BCUT2D eigenvalue weighted by molar-refractivity contribution is 7.95. The van der Waals surface area contributed by atoms with Crippen LogP contribution in [-0.2, 0) is 29.0 Å². The van der Waals surface area contributed by atoms with Crippen molar-refractivity contribution in [2.75, 3.05) is 0 Å². The highest BCUT2D eigenvalue weighted by Crippen LogP contribution is 2.52. The van der Waals surface area contributed by atoms with Gasteiger partial charge in [-0.1, -0.05) is 26.7 Å². The van der Waals surface area contributed by atoms with Gasteiger partial charge in [0, 0.05) is 12.8 Å². The Morgan fingerprint density at radius 2 is 0.977 bits per heavy atom. The highest BCUT2D eigenvalue weighted by Gasteiger charge is 2.72. The van der Waals surface area contributed by atoms with Crippen LogP contribution in [0.4, 0.5) is 70.2 Å². The average molecular weight is 732 g/mol. The summed E-state index contributed by atoms with van der Waals surface area (Å²) in [4.78, 5) is 0. The first kappa shape index (κ1) is 42.9. The first-order valence-corrected chi connectivity index (χ1v) is 13.5. The van der Waals surface area contributed by atoms with Gasteiger partial charge in [0.05, 0.1) is 0 Å². The molecule has 0 bridgehead atoms. The van der Waals surface area contributed by atoms with Gasteiger partial charge in [-0.25, -0.2) is 17.9 Å². The van der Waals surface area contributed by atoms with E-state index in [0.717, 1.165) is 13.8 Å². The van der Waals surface area contributed by atoms with Crippen molar-refractivity contribution < 1.29 is 107 Å². The number of rotatable bonds is 21. The third-order valence-electron chi connectivity index (χ3n) is 5.75. The lowest BCUT2D eigenvalue weighted by Crippen LogP contribution is -2.56. The van der Waals surface area contributed by atoms with Crippen molar-refractivity contribution in [1.82, 2.24) is 0 Å². The van der Waals surface area contributed by atoms with E-state index in [1.165, 1.54) is 0 Å². The minimum atomic E-state index is -7.44.